The predicted octanol–water partition coefficient (Wildman–Crippen LogP) is 2.48. The van der Waals surface area contributed by atoms with Crippen LogP contribution >= 0.6 is 0 Å². The molecule has 0 bridgehead atoms. The Balaban J connectivity index is 1.47. The second-order valence-corrected chi connectivity index (χ2v) is 7.33. The van der Waals surface area contributed by atoms with Crippen LogP contribution in [0, 0.1) is 5.82 Å². The van der Waals surface area contributed by atoms with E-state index >= 15 is 0 Å². The average molecular weight is 432 g/mol. The molecule has 2 aliphatic rings. The van der Waals surface area contributed by atoms with E-state index in [9.17, 15) is 18.4 Å². The average Bonchev–Trinajstić information content (AvgIpc) is 3.13. The highest BCUT2D eigenvalue weighted by Gasteiger charge is 2.32. The Morgan fingerprint density at radius 2 is 2.16 bits per heavy atom. The minimum atomic E-state index is -1.27. The van der Waals surface area contributed by atoms with Crippen LogP contribution in [-0.4, -0.2) is 62.2 Å². The number of nitrogens with zero attached hydrogens (tertiary/aromatic N) is 3. The molecule has 0 aliphatic carbocycles. The summed E-state index contributed by atoms with van der Waals surface area (Å²) < 4.78 is 39.1. The highest BCUT2D eigenvalue weighted by atomic mass is 19.1. The molecule has 2 amide bonds. The Morgan fingerprint density at radius 1 is 1.32 bits per heavy atom. The van der Waals surface area contributed by atoms with Gasteiger partial charge in [0.2, 0.25) is 5.91 Å². The normalized spacial score (nSPS) is 21.2. The number of cyclic esters (lactones) is 1. The first kappa shape index (κ1) is 21.0. The molecule has 2 aliphatic heterocycles. The van der Waals surface area contributed by atoms with E-state index in [0.29, 0.717) is 35.8 Å². The van der Waals surface area contributed by atoms with E-state index < -0.39 is 24.3 Å². The van der Waals surface area contributed by atoms with Gasteiger partial charge in [0.05, 0.1) is 32.0 Å². The molecule has 8 nitrogen and oxygen atoms in total. The van der Waals surface area contributed by atoms with Crippen molar-refractivity contribution in [2.24, 2.45) is 0 Å². The number of hydrogen-bond donors (Lipinski definition) is 1. The highest BCUT2D eigenvalue weighted by molar-refractivity contribution is 5.90. The Morgan fingerprint density at radius 3 is 2.84 bits per heavy atom. The maximum Gasteiger partial charge on any atom is 0.414 e. The molecule has 0 saturated carbocycles. The molecule has 2 aromatic rings. The summed E-state index contributed by atoms with van der Waals surface area (Å²) in [5, 5.41) is 2.60. The lowest BCUT2D eigenvalue weighted by Gasteiger charge is -2.31. The minimum absolute atomic E-state index is 0.00979. The predicted molar refractivity (Wildman–Crippen MR) is 109 cm³/mol. The second-order valence-electron chi connectivity index (χ2n) is 7.33. The molecule has 0 spiro atoms. The fourth-order valence-electron chi connectivity index (χ4n) is 3.55. The van der Waals surface area contributed by atoms with Gasteiger partial charge in [-0.2, -0.15) is 0 Å². The van der Waals surface area contributed by atoms with E-state index in [0.717, 1.165) is 0 Å². The lowest BCUT2D eigenvalue weighted by Crippen LogP contribution is -2.43. The van der Waals surface area contributed by atoms with Gasteiger partial charge in [-0.1, -0.05) is 0 Å². The number of benzene rings is 1. The maximum atomic E-state index is 14.8. The summed E-state index contributed by atoms with van der Waals surface area (Å²) in [6, 6.07) is 7.75. The van der Waals surface area contributed by atoms with Crippen molar-refractivity contribution in [2.45, 2.75) is 19.3 Å². The Labute approximate surface area is 177 Å². The molecule has 2 atom stereocenters. The molecule has 31 heavy (non-hydrogen) atoms. The smallest absolute Gasteiger partial charge is 0.414 e. The zero-order valence-electron chi connectivity index (χ0n) is 16.9. The zero-order valence-corrected chi connectivity index (χ0v) is 16.9. The summed E-state index contributed by atoms with van der Waals surface area (Å²) in [4.78, 5) is 30.2. The second kappa shape index (κ2) is 8.84. The first-order chi connectivity index (χ1) is 14.9. The van der Waals surface area contributed by atoms with Crippen LogP contribution in [0.3, 0.4) is 0 Å². The van der Waals surface area contributed by atoms with Gasteiger partial charge in [0.25, 0.3) is 0 Å². The topological polar surface area (TPSA) is 84.0 Å². The molecule has 0 radical (unpaired) electrons. The summed E-state index contributed by atoms with van der Waals surface area (Å²) in [5.41, 5.74) is 1.20. The van der Waals surface area contributed by atoms with Gasteiger partial charge in [-0.3, -0.25) is 9.69 Å². The van der Waals surface area contributed by atoms with Crippen molar-refractivity contribution in [2.75, 3.05) is 42.6 Å². The number of carbonyl (C=O) groups is 2. The fraction of sp³-hybridized carbons (Fsp3) is 0.381. The molecule has 2 fully saturated rings. The number of morpholine rings is 1. The van der Waals surface area contributed by atoms with Gasteiger partial charge in [-0.05, 0) is 30.3 Å². The third-order valence-electron chi connectivity index (χ3n) is 5.14. The quantitative estimate of drug-likeness (QED) is 0.731. The van der Waals surface area contributed by atoms with Gasteiger partial charge in [0, 0.05) is 30.8 Å². The van der Waals surface area contributed by atoms with E-state index in [4.69, 9.17) is 9.47 Å². The summed E-state index contributed by atoms with van der Waals surface area (Å²) in [5.74, 6) is -0.290. The third-order valence-corrected chi connectivity index (χ3v) is 5.14. The third kappa shape index (κ3) is 4.58. The van der Waals surface area contributed by atoms with Crippen molar-refractivity contribution < 1.29 is 27.8 Å². The molecule has 10 heteroatoms. The molecule has 1 aromatic carbocycles. The van der Waals surface area contributed by atoms with Gasteiger partial charge >= 0.3 is 6.09 Å². The molecule has 2 saturated heterocycles. The molecule has 4 rings (SSSR count). The molecule has 1 aromatic heterocycles. The summed E-state index contributed by atoms with van der Waals surface area (Å²) in [6.07, 6.45) is -0.878. The van der Waals surface area contributed by atoms with Crippen LogP contribution in [0.1, 0.15) is 6.92 Å². The maximum absolute atomic E-state index is 14.8. The number of rotatable bonds is 5. The van der Waals surface area contributed by atoms with Crippen LogP contribution in [0.2, 0.25) is 0 Å². The highest BCUT2D eigenvalue weighted by Crippen LogP contribution is 2.30. The number of ether oxygens (including phenoxy) is 2. The van der Waals surface area contributed by atoms with Gasteiger partial charge < -0.3 is 19.7 Å². The largest absolute Gasteiger partial charge is 0.442 e. The van der Waals surface area contributed by atoms with Crippen molar-refractivity contribution in [1.82, 2.24) is 10.3 Å². The van der Waals surface area contributed by atoms with Crippen molar-refractivity contribution in [3.63, 3.8) is 0 Å². The summed E-state index contributed by atoms with van der Waals surface area (Å²) in [6.45, 7) is 2.58. The first-order valence-corrected chi connectivity index (χ1v) is 9.89. The Hall–Kier alpha value is -3.27. The van der Waals surface area contributed by atoms with Gasteiger partial charge in [0.1, 0.15) is 17.7 Å². The molecule has 2 unspecified atom stereocenters. The van der Waals surface area contributed by atoms with Crippen LogP contribution in [-0.2, 0) is 14.3 Å². The number of hydrogen-bond acceptors (Lipinski definition) is 6. The SMILES string of the molecule is CC(=O)NCC1CN(c2ccc(-c3ccc(N4CCOCC4F)nc3)c(F)c2)C(=O)O1. The summed E-state index contributed by atoms with van der Waals surface area (Å²) in [7, 11) is 0. The van der Waals surface area contributed by atoms with Crippen molar-refractivity contribution in [3.05, 3.63) is 42.3 Å². The van der Waals surface area contributed by atoms with E-state index in [1.54, 1.807) is 24.3 Å². The standard InChI is InChI=1S/C21H22F2N4O4/c1-13(28)24-10-16-11-27(21(29)31-16)15-3-4-17(18(22)8-15)14-2-5-20(25-9-14)26-6-7-30-12-19(26)23/h2-5,8-9,16,19H,6-7,10-12H2,1H3,(H,24,28). The van der Waals surface area contributed by atoms with Gasteiger partial charge in [-0.15, -0.1) is 0 Å². The van der Waals surface area contributed by atoms with E-state index in [1.165, 1.54) is 29.0 Å². The molecule has 164 valence electrons. The fourth-order valence-corrected chi connectivity index (χ4v) is 3.55. The zero-order chi connectivity index (χ0) is 22.0. The number of nitrogens with one attached hydrogen (secondary N) is 1. The van der Waals surface area contributed by atoms with Crippen LogP contribution in [0.25, 0.3) is 11.1 Å². The van der Waals surface area contributed by atoms with Crippen LogP contribution in [0.5, 0.6) is 0 Å². The molecular weight excluding hydrogens is 410 g/mol. The number of pyridine rings is 1. The number of halogens is 2. The van der Waals surface area contributed by atoms with Crippen molar-refractivity contribution >= 4 is 23.5 Å². The minimum Gasteiger partial charge on any atom is -0.442 e. The number of amides is 2. The van der Waals surface area contributed by atoms with E-state index in [2.05, 4.69) is 10.3 Å². The van der Waals surface area contributed by atoms with Crippen LogP contribution in [0.15, 0.2) is 36.5 Å². The molecule has 1 N–H and O–H groups in total. The van der Waals surface area contributed by atoms with Gasteiger partial charge in [-0.25, -0.2) is 18.6 Å². The molecule has 3 heterocycles. The monoisotopic (exact) mass is 432 g/mol. The Kier molecular flexibility index (Phi) is 5.99. The van der Waals surface area contributed by atoms with Crippen LogP contribution in [0.4, 0.5) is 25.1 Å². The van der Waals surface area contributed by atoms with E-state index in [1.807, 2.05) is 0 Å². The lowest BCUT2D eigenvalue weighted by atomic mass is 10.1. The lowest BCUT2D eigenvalue weighted by molar-refractivity contribution is -0.119. The number of carbonyl (C=O) groups excluding carboxylic acids is 2. The van der Waals surface area contributed by atoms with Crippen LogP contribution < -0.4 is 15.1 Å². The summed E-state index contributed by atoms with van der Waals surface area (Å²) >= 11 is 0. The van der Waals surface area contributed by atoms with Crippen molar-refractivity contribution in [3.8, 4) is 11.1 Å². The number of alkyl halides is 1. The number of aromatic nitrogens is 1. The number of anilines is 2. The molecular formula is C21H22F2N4O4. The van der Waals surface area contributed by atoms with E-state index in [-0.39, 0.29) is 25.6 Å². The van der Waals surface area contributed by atoms with Gasteiger partial charge in [0.15, 0.2) is 6.30 Å². The first-order valence-electron chi connectivity index (χ1n) is 9.89. The Bertz CT molecular complexity index is 972. The van der Waals surface area contributed by atoms with Crippen molar-refractivity contribution in [1.29, 1.82) is 0 Å².